The van der Waals surface area contributed by atoms with Crippen molar-refractivity contribution in [1.29, 1.82) is 0 Å². The van der Waals surface area contributed by atoms with E-state index < -0.39 is 193 Å². The molecule has 2 saturated heterocycles. The summed E-state index contributed by atoms with van der Waals surface area (Å²) >= 11 is 0. The molecule has 4 rings (SSSR count). The summed E-state index contributed by atoms with van der Waals surface area (Å²) in [4.78, 5) is 188. The van der Waals surface area contributed by atoms with Crippen molar-refractivity contribution in [3.63, 3.8) is 0 Å². The summed E-state index contributed by atoms with van der Waals surface area (Å²) in [5.74, 6) is -10.7. The summed E-state index contributed by atoms with van der Waals surface area (Å²) in [6.07, 6.45) is 3.86. The Hall–Kier alpha value is -10.1. The molecule has 0 spiro atoms. The van der Waals surface area contributed by atoms with E-state index in [9.17, 15) is 72.2 Å². The quantitative estimate of drug-likeness (QED) is 0.0534. The molecular formula is C50H88N28O15. The largest absolute Gasteiger partial charge is 0.394 e. The van der Waals surface area contributed by atoms with E-state index in [1.807, 2.05) is 5.32 Å². The number of aliphatic hydroxyl groups excluding tert-OH is 1. The van der Waals surface area contributed by atoms with Gasteiger partial charge in [0.2, 0.25) is 59.1 Å². The molecule has 37 N–H and O–H groups in total. The number of hydrogen-bond acceptors (Lipinski definition) is 27. The molecule has 16 amide bonds. The minimum Gasteiger partial charge on any atom is -0.394 e. The number of nitrogens with one attached hydrogen (secondary N) is 16. The highest BCUT2D eigenvalue weighted by atomic mass is 16.3. The smallest absolute Gasteiger partial charge is 0.316 e. The van der Waals surface area contributed by atoms with E-state index in [1.54, 1.807) is 0 Å². The number of hydrogen-bond donors (Lipinski definition) is 27. The number of aliphatic hydroxyl groups is 1. The summed E-state index contributed by atoms with van der Waals surface area (Å²) in [5, 5.41) is 48.1. The Labute approximate surface area is 531 Å². The van der Waals surface area contributed by atoms with Crippen LogP contribution in [-0.2, 0) is 57.5 Å². The van der Waals surface area contributed by atoms with Gasteiger partial charge in [0.25, 0.3) is 11.8 Å². The second-order valence-corrected chi connectivity index (χ2v) is 21.3. The third-order valence-electron chi connectivity index (χ3n) is 13.7. The third kappa shape index (κ3) is 27.5. The van der Waals surface area contributed by atoms with Crippen LogP contribution in [0, 0.1) is 0 Å². The Morgan fingerprint density at radius 3 is 1.31 bits per heavy atom. The summed E-state index contributed by atoms with van der Waals surface area (Å²) in [6, 6.07) is -16.3. The van der Waals surface area contributed by atoms with Gasteiger partial charge in [-0.25, -0.2) is 9.59 Å². The summed E-state index contributed by atoms with van der Waals surface area (Å²) < 4.78 is 0. The van der Waals surface area contributed by atoms with Crippen molar-refractivity contribution in [3.8, 4) is 0 Å². The Kier molecular flexibility index (Phi) is 32.6. The number of rotatable bonds is 19. The highest BCUT2D eigenvalue weighted by Gasteiger charge is 2.38. The summed E-state index contributed by atoms with van der Waals surface area (Å²) in [5.41, 5.74) is 55.2. The zero-order chi connectivity index (χ0) is 69.5. The first-order chi connectivity index (χ1) is 44.0. The molecular weight excluding hydrogens is 1230 g/mol. The van der Waals surface area contributed by atoms with Gasteiger partial charge in [0.1, 0.15) is 59.7 Å². The number of amides is 16. The lowest BCUT2D eigenvalue weighted by atomic mass is 10.0. The van der Waals surface area contributed by atoms with E-state index in [0.717, 1.165) is 12.4 Å². The fourth-order valence-electron chi connectivity index (χ4n) is 8.63. The molecule has 4 aliphatic heterocycles. The predicted octanol–water partition coefficient (Wildman–Crippen LogP) is -15.4. The molecule has 0 aromatic rings. The lowest BCUT2D eigenvalue weighted by molar-refractivity contribution is -0.134. The van der Waals surface area contributed by atoms with Crippen LogP contribution in [0.3, 0.4) is 0 Å². The Morgan fingerprint density at radius 2 is 0.935 bits per heavy atom. The van der Waals surface area contributed by atoms with Crippen molar-refractivity contribution in [2.45, 2.75) is 131 Å². The van der Waals surface area contributed by atoms with Gasteiger partial charge in [0.05, 0.1) is 18.7 Å². The molecule has 4 heterocycles. The number of nitrogens with zero attached hydrogens (tertiary/aromatic N) is 2. The molecule has 518 valence electrons. The van der Waals surface area contributed by atoms with E-state index in [0.29, 0.717) is 38.8 Å². The maximum Gasteiger partial charge on any atom is 0.316 e. The fraction of sp³-hybridized carbons (Fsp3) is 0.600. The molecule has 12 atom stereocenters. The molecule has 43 nitrogen and oxygen atoms in total. The van der Waals surface area contributed by atoms with Crippen LogP contribution in [0.5, 0.6) is 0 Å². The van der Waals surface area contributed by atoms with Gasteiger partial charge in [-0.3, -0.25) is 67.5 Å². The lowest BCUT2D eigenvalue weighted by Gasteiger charge is -2.31. The van der Waals surface area contributed by atoms with Crippen LogP contribution in [0.4, 0.5) is 9.59 Å². The van der Waals surface area contributed by atoms with Gasteiger partial charge in [0.15, 0.2) is 11.9 Å². The van der Waals surface area contributed by atoms with E-state index in [1.165, 1.54) is 6.92 Å². The molecule has 4 aliphatic rings. The van der Waals surface area contributed by atoms with Crippen molar-refractivity contribution in [2.24, 2.45) is 67.3 Å². The molecule has 43 heteroatoms. The van der Waals surface area contributed by atoms with Gasteiger partial charge in [-0.2, -0.15) is 0 Å². The summed E-state index contributed by atoms with van der Waals surface area (Å²) in [7, 11) is 0. The standard InChI is InChI=1S/C25H44N14O8.C25H44N14O7/c26-4-1-2-11(27)6-17(41)32-8-14-20(43)35-15(9-34-25(30)47)21(44)39-18(13-3-5-31-24(29)38-13)23(46)33-7-12(28)19(42)37-16(10-40)22(45)36-14;1-11-19(41)36-15(9-32-17(40)7-12(27)3-2-5-26)21(43)37-16(10-34-25(30)46)22(44)39-18(14-4-6-31-24(29)38-14)23(45)33-8-13(28)20(42)35-11/h9,11-14,16,18,40H,1-8,10,26-28H2,(H,32,41)(H,33,46)(H,35,43)(H,36,45)(H,37,42)(H,39,44)(H3,29,31,38)(H3,30,34,47);10-15,18H,2-9,26-28H2,1H3,(H,32,40)(H,33,45)(H,35,42)(H,36,41)(H,37,43)(H,39,44)(H3,29,31,38)(H3,30,34,46)/t11-,12-,13+,14-,16-,18-;11-,12-,13-,14+,15-,18-/m00/s1. The maximum atomic E-state index is 13.5. The lowest BCUT2D eigenvalue weighted by Crippen LogP contribution is -2.64. The number of urea groups is 2. The van der Waals surface area contributed by atoms with Gasteiger partial charge in [-0.1, -0.05) is 0 Å². The maximum absolute atomic E-state index is 13.5. The number of nitrogens with two attached hydrogens (primary N) is 10. The molecule has 0 aromatic carbocycles. The van der Waals surface area contributed by atoms with Crippen LogP contribution in [0.1, 0.15) is 58.3 Å². The van der Waals surface area contributed by atoms with Crippen LogP contribution in [0.15, 0.2) is 33.8 Å². The molecule has 0 unspecified atom stereocenters. The van der Waals surface area contributed by atoms with Gasteiger partial charge in [0, 0.05) is 76.6 Å². The molecule has 93 heavy (non-hydrogen) atoms. The first-order valence-electron chi connectivity index (χ1n) is 29.2. The fourth-order valence-corrected chi connectivity index (χ4v) is 8.63. The minimum absolute atomic E-state index is 0.0101. The van der Waals surface area contributed by atoms with Crippen molar-refractivity contribution in [2.75, 3.05) is 59.0 Å². The van der Waals surface area contributed by atoms with Gasteiger partial charge in [-0.05, 0) is 58.5 Å². The van der Waals surface area contributed by atoms with E-state index in [2.05, 4.69) is 89.7 Å². The second kappa shape index (κ2) is 39.2. The number of aliphatic imine (C=N–C) groups is 2. The van der Waals surface area contributed by atoms with Crippen LogP contribution in [-0.4, -0.2) is 231 Å². The molecule has 2 fully saturated rings. The van der Waals surface area contributed by atoms with E-state index >= 15 is 0 Å². The number of guanidine groups is 2. The van der Waals surface area contributed by atoms with Crippen molar-refractivity contribution < 1.29 is 72.2 Å². The monoisotopic (exact) mass is 1320 g/mol. The minimum atomic E-state index is -1.63. The average molecular weight is 1320 g/mol. The highest BCUT2D eigenvalue weighted by Crippen LogP contribution is 2.10. The molecule has 0 radical (unpaired) electrons. The van der Waals surface area contributed by atoms with Crippen molar-refractivity contribution in [1.82, 2.24) is 85.1 Å². The Bertz CT molecular complexity index is 2840. The second-order valence-electron chi connectivity index (χ2n) is 21.3. The number of carbonyl (C=O) groups is 14. The third-order valence-corrected chi connectivity index (χ3v) is 13.7. The molecule has 0 aliphatic carbocycles. The van der Waals surface area contributed by atoms with Crippen molar-refractivity contribution >= 4 is 94.9 Å². The number of carbonyl (C=O) groups excluding carboxylic acids is 14. The first kappa shape index (κ1) is 77.2. The predicted molar refractivity (Wildman–Crippen MR) is 328 cm³/mol. The zero-order valence-corrected chi connectivity index (χ0v) is 50.9. The Balaban J connectivity index is 0.000000485. The van der Waals surface area contributed by atoms with E-state index in [-0.39, 0.29) is 57.2 Å². The van der Waals surface area contributed by atoms with Crippen LogP contribution < -0.4 is 142 Å². The van der Waals surface area contributed by atoms with Gasteiger partial charge in [-0.15, -0.1) is 0 Å². The van der Waals surface area contributed by atoms with Crippen molar-refractivity contribution in [3.05, 3.63) is 23.8 Å². The topological polar surface area (TPSA) is 737 Å². The average Bonchev–Trinajstić information content (AvgIpc) is 0.943. The van der Waals surface area contributed by atoms with Gasteiger partial charge < -0.3 is 148 Å². The number of primary amides is 2. The van der Waals surface area contributed by atoms with Crippen LogP contribution in [0.2, 0.25) is 0 Å². The normalized spacial score (nSPS) is 26.5. The SMILES string of the molecule is C[C@@H]1NC(=O)[C@@H](N)CNC(=O)[C@H]([C@H]2CCN=C(N)N2)NC(=O)C(=CNC(N)=O)NC(=O)[C@H](CNC(=O)C[C@@H](N)CCCN)NC1=O.NCCC[C@H](N)CC(=O)NC[C@@H]1NC(=O)[C@H](CO)NC(=O)[C@@H](N)CNC(=O)[C@H]([C@H]2CCN=C(N)N2)NC(=O)C(=CNC(N)=O)NC1=O. The molecule has 0 saturated carbocycles. The van der Waals surface area contributed by atoms with E-state index in [4.69, 9.17) is 57.3 Å². The van der Waals surface area contributed by atoms with Crippen LogP contribution in [0.25, 0.3) is 0 Å². The molecule has 0 bridgehead atoms. The highest BCUT2D eigenvalue weighted by molar-refractivity contribution is 6.04. The summed E-state index contributed by atoms with van der Waals surface area (Å²) in [6.45, 7) is -0.284. The van der Waals surface area contributed by atoms with Crippen LogP contribution >= 0.6 is 0 Å². The zero-order valence-electron chi connectivity index (χ0n) is 50.9. The van der Waals surface area contributed by atoms with Gasteiger partial charge >= 0.3 is 12.1 Å². The first-order valence-corrected chi connectivity index (χ1v) is 29.2. The Morgan fingerprint density at radius 1 is 0.548 bits per heavy atom. The molecule has 0 aromatic heterocycles.